The summed E-state index contributed by atoms with van der Waals surface area (Å²) in [7, 11) is 0. The highest BCUT2D eigenvalue weighted by Crippen LogP contribution is 2.44. The molecule has 0 radical (unpaired) electrons. The van der Waals surface area contributed by atoms with E-state index in [2.05, 4.69) is 16.0 Å². The minimum Gasteiger partial charge on any atom is -0.350 e. The summed E-state index contributed by atoms with van der Waals surface area (Å²) in [6.07, 6.45) is -3.76. The van der Waals surface area contributed by atoms with Gasteiger partial charge in [0.2, 0.25) is 11.8 Å². The fraction of sp³-hybridized carbons (Fsp3) is 0.625. The van der Waals surface area contributed by atoms with Crippen molar-refractivity contribution in [2.24, 2.45) is 0 Å². The van der Waals surface area contributed by atoms with Crippen LogP contribution in [0, 0.1) is 0 Å². The number of hydrogen-bond acceptors (Lipinski definition) is 8. The predicted octanol–water partition coefficient (Wildman–Crippen LogP) is 0.320. The highest BCUT2D eigenvalue weighted by atomic mass is 16.9. The second-order valence-corrected chi connectivity index (χ2v) is 9.80. The van der Waals surface area contributed by atoms with Crippen LogP contribution in [0.25, 0.3) is 0 Å². The molecule has 11 nitrogen and oxygen atoms in total. The van der Waals surface area contributed by atoms with E-state index in [-0.39, 0.29) is 12.5 Å². The summed E-state index contributed by atoms with van der Waals surface area (Å²) in [5, 5.41) is 7.89. The first-order valence-electron chi connectivity index (χ1n) is 11.7. The molecule has 192 valence electrons. The lowest BCUT2D eigenvalue weighted by Crippen LogP contribution is -2.60. The largest absolute Gasteiger partial charge is 0.350 e. The Morgan fingerprint density at radius 3 is 2.23 bits per heavy atom. The quantitative estimate of drug-likeness (QED) is 0.497. The number of hydrogen-bond donors (Lipinski definition) is 3. The van der Waals surface area contributed by atoms with E-state index in [4.69, 9.17) is 23.7 Å². The summed E-state index contributed by atoms with van der Waals surface area (Å²) in [4.78, 5) is 37.6. The van der Waals surface area contributed by atoms with Gasteiger partial charge in [0, 0.05) is 6.54 Å². The lowest BCUT2D eigenvalue weighted by Gasteiger charge is -2.36. The fourth-order valence-corrected chi connectivity index (χ4v) is 4.39. The molecule has 11 heteroatoms. The van der Waals surface area contributed by atoms with Gasteiger partial charge in [-0.15, -0.1) is 0 Å². The Hall–Kier alpha value is -2.57. The standard InChI is InChI=1S/C24H33N3O8/c1-13(20(29)25-11-14-9-7-6-8-10-14)27-15(28)12-26-21(30)18-16-17(33-23(2,3)32-16)19-22(31-18)35-24(4,5)34-19/h6-10,13,16-19,22H,11-12H2,1-5H3,(H,25,29)(H,26,30)(H,27,28)/t13-,16+,17-,18-,19+,22+/m0/s1. The molecule has 3 amide bonds. The Morgan fingerprint density at radius 1 is 0.886 bits per heavy atom. The molecule has 1 aromatic carbocycles. The minimum absolute atomic E-state index is 0.335. The van der Waals surface area contributed by atoms with Crippen LogP contribution in [0.5, 0.6) is 0 Å². The molecule has 0 aromatic heterocycles. The number of rotatable bonds is 7. The first-order chi connectivity index (χ1) is 16.4. The maximum atomic E-state index is 13.0. The highest BCUT2D eigenvalue weighted by Gasteiger charge is 2.62. The molecule has 3 aliphatic heterocycles. The van der Waals surface area contributed by atoms with Crippen molar-refractivity contribution in [2.75, 3.05) is 6.54 Å². The number of nitrogens with one attached hydrogen (secondary N) is 3. The van der Waals surface area contributed by atoms with Gasteiger partial charge in [-0.1, -0.05) is 30.3 Å². The minimum atomic E-state index is -1.07. The molecular formula is C24H33N3O8. The maximum absolute atomic E-state index is 13.0. The normalized spacial score (nSPS) is 31.1. The van der Waals surface area contributed by atoms with Crippen molar-refractivity contribution >= 4 is 17.7 Å². The van der Waals surface area contributed by atoms with E-state index < -0.39 is 60.1 Å². The van der Waals surface area contributed by atoms with Crippen molar-refractivity contribution < 1.29 is 38.1 Å². The SMILES string of the molecule is C[C@H](NC(=O)CNC(=O)[C@H]1O[C@@H]2OC(C)(C)O[C@@H]2[C@H]2OC(C)(C)O[C@H]21)C(=O)NCc1ccccc1. The van der Waals surface area contributed by atoms with Crippen molar-refractivity contribution in [3.8, 4) is 0 Å². The van der Waals surface area contributed by atoms with Crippen molar-refractivity contribution in [1.82, 2.24) is 16.0 Å². The van der Waals surface area contributed by atoms with Crippen molar-refractivity contribution in [1.29, 1.82) is 0 Å². The third-order valence-electron chi connectivity index (χ3n) is 5.92. The molecule has 3 saturated heterocycles. The predicted molar refractivity (Wildman–Crippen MR) is 121 cm³/mol. The zero-order chi connectivity index (χ0) is 25.4. The summed E-state index contributed by atoms with van der Waals surface area (Å²) in [5.74, 6) is -3.25. The Kier molecular flexibility index (Phi) is 7.16. The van der Waals surface area contributed by atoms with Crippen LogP contribution in [0.3, 0.4) is 0 Å². The Morgan fingerprint density at radius 2 is 1.51 bits per heavy atom. The van der Waals surface area contributed by atoms with Gasteiger partial charge in [0.05, 0.1) is 6.54 Å². The zero-order valence-corrected chi connectivity index (χ0v) is 20.5. The number of benzene rings is 1. The topological polar surface area (TPSA) is 133 Å². The van der Waals surface area contributed by atoms with Crippen LogP contribution in [0.2, 0.25) is 0 Å². The molecule has 6 atom stereocenters. The van der Waals surface area contributed by atoms with E-state index in [1.165, 1.54) is 0 Å². The fourth-order valence-electron chi connectivity index (χ4n) is 4.39. The first-order valence-corrected chi connectivity index (χ1v) is 11.7. The van der Waals surface area contributed by atoms with Crippen LogP contribution in [0.15, 0.2) is 30.3 Å². The number of ether oxygens (including phenoxy) is 5. The molecule has 3 fully saturated rings. The summed E-state index contributed by atoms with van der Waals surface area (Å²) in [6, 6.07) is 8.65. The molecule has 0 saturated carbocycles. The molecule has 4 rings (SSSR count). The second-order valence-electron chi connectivity index (χ2n) is 9.80. The molecular weight excluding hydrogens is 458 g/mol. The molecule has 3 N–H and O–H groups in total. The van der Waals surface area contributed by atoms with Gasteiger partial charge in [0.25, 0.3) is 5.91 Å². The van der Waals surface area contributed by atoms with Gasteiger partial charge < -0.3 is 39.6 Å². The molecule has 35 heavy (non-hydrogen) atoms. The molecule has 1 aromatic rings. The second kappa shape index (κ2) is 9.82. The smallest absolute Gasteiger partial charge is 0.252 e. The number of carbonyl (C=O) groups excluding carboxylic acids is 3. The monoisotopic (exact) mass is 491 g/mol. The van der Waals surface area contributed by atoms with Crippen molar-refractivity contribution in [2.45, 2.75) is 89.5 Å². The number of amides is 3. The van der Waals surface area contributed by atoms with Crippen molar-refractivity contribution in [3.63, 3.8) is 0 Å². The molecule has 0 spiro atoms. The van der Waals surface area contributed by atoms with Crippen LogP contribution in [0.1, 0.15) is 40.2 Å². The van der Waals surface area contributed by atoms with E-state index in [0.717, 1.165) is 5.56 Å². The van der Waals surface area contributed by atoms with E-state index in [0.29, 0.717) is 6.54 Å². The van der Waals surface area contributed by atoms with Crippen LogP contribution in [0.4, 0.5) is 0 Å². The molecule has 0 bridgehead atoms. The van der Waals surface area contributed by atoms with Gasteiger partial charge in [-0.25, -0.2) is 0 Å². The highest BCUT2D eigenvalue weighted by molar-refractivity contribution is 5.90. The summed E-state index contributed by atoms with van der Waals surface area (Å²) >= 11 is 0. The van der Waals surface area contributed by atoms with E-state index in [1.54, 1.807) is 34.6 Å². The molecule has 0 aliphatic carbocycles. The molecule has 0 unspecified atom stereocenters. The van der Waals surface area contributed by atoms with Gasteiger partial charge >= 0.3 is 0 Å². The van der Waals surface area contributed by atoms with E-state index >= 15 is 0 Å². The lowest BCUT2D eigenvalue weighted by molar-refractivity contribution is -0.231. The molecule has 3 aliphatic rings. The van der Waals surface area contributed by atoms with Crippen LogP contribution < -0.4 is 16.0 Å². The van der Waals surface area contributed by atoms with Gasteiger partial charge in [-0.2, -0.15) is 0 Å². The average molecular weight is 492 g/mol. The average Bonchev–Trinajstić information content (AvgIpc) is 3.29. The lowest BCUT2D eigenvalue weighted by atomic mass is 9.98. The van der Waals surface area contributed by atoms with Gasteiger partial charge in [0.1, 0.15) is 24.4 Å². The zero-order valence-electron chi connectivity index (χ0n) is 20.5. The number of carbonyl (C=O) groups is 3. The Balaban J connectivity index is 1.28. The van der Waals surface area contributed by atoms with Gasteiger partial charge in [0.15, 0.2) is 24.0 Å². The van der Waals surface area contributed by atoms with Crippen LogP contribution in [-0.2, 0) is 44.6 Å². The third-order valence-corrected chi connectivity index (χ3v) is 5.92. The van der Waals surface area contributed by atoms with Crippen LogP contribution in [-0.4, -0.2) is 72.6 Å². The van der Waals surface area contributed by atoms with E-state index in [9.17, 15) is 14.4 Å². The van der Waals surface area contributed by atoms with E-state index in [1.807, 2.05) is 30.3 Å². The van der Waals surface area contributed by atoms with Gasteiger partial charge in [-0.3, -0.25) is 14.4 Å². The third kappa shape index (κ3) is 5.99. The summed E-state index contributed by atoms with van der Waals surface area (Å²) in [6.45, 7) is 8.57. The summed E-state index contributed by atoms with van der Waals surface area (Å²) < 4.78 is 29.5. The van der Waals surface area contributed by atoms with Gasteiger partial charge in [-0.05, 0) is 40.2 Å². The molecule has 3 heterocycles. The maximum Gasteiger partial charge on any atom is 0.252 e. The Bertz CT molecular complexity index is 953. The van der Waals surface area contributed by atoms with Crippen molar-refractivity contribution in [3.05, 3.63) is 35.9 Å². The van der Waals surface area contributed by atoms with Crippen LogP contribution >= 0.6 is 0 Å². The first kappa shape index (κ1) is 25.5. The number of fused-ring (bicyclic) bond motifs is 3. The summed E-state index contributed by atoms with van der Waals surface area (Å²) in [5.41, 5.74) is 0.945. The Labute approximate surface area is 204 Å².